The molecular formula is C14H13ClO3S2. The minimum absolute atomic E-state index is 0.0367. The molecule has 2 aromatic rings. The van der Waals surface area contributed by atoms with Crippen molar-refractivity contribution in [2.75, 3.05) is 11.5 Å². The minimum Gasteiger partial charge on any atom is -0.508 e. The Bertz CT molecular complexity index is 682. The molecule has 0 unspecified atom stereocenters. The van der Waals surface area contributed by atoms with E-state index in [9.17, 15) is 13.5 Å². The zero-order valence-corrected chi connectivity index (χ0v) is 12.9. The third-order valence-electron chi connectivity index (χ3n) is 2.61. The van der Waals surface area contributed by atoms with Gasteiger partial charge in [-0.2, -0.15) is 0 Å². The SMILES string of the molecule is O=S(=O)(CCSc1cccc(O)c1)c1ccc(Cl)cc1. The fourth-order valence-electron chi connectivity index (χ4n) is 1.60. The van der Waals surface area contributed by atoms with Crippen molar-refractivity contribution < 1.29 is 13.5 Å². The summed E-state index contributed by atoms with van der Waals surface area (Å²) in [7, 11) is -3.30. The molecule has 0 radical (unpaired) electrons. The highest BCUT2D eigenvalue weighted by molar-refractivity contribution is 8.00. The van der Waals surface area contributed by atoms with E-state index in [4.69, 9.17) is 11.6 Å². The van der Waals surface area contributed by atoms with E-state index in [1.165, 1.54) is 23.9 Å². The van der Waals surface area contributed by atoms with Gasteiger partial charge in [0.15, 0.2) is 9.84 Å². The number of hydrogen-bond donors (Lipinski definition) is 1. The van der Waals surface area contributed by atoms with Gasteiger partial charge in [-0.15, -0.1) is 11.8 Å². The van der Waals surface area contributed by atoms with Crippen molar-refractivity contribution in [2.45, 2.75) is 9.79 Å². The van der Waals surface area contributed by atoms with Crippen LogP contribution in [0.5, 0.6) is 5.75 Å². The number of halogens is 1. The number of phenols is 1. The van der Waals surface area contributed by atoms with Crippen molar-refractivity contribution in [3.63, 3.8) is 0 Å². The van der Waals surface area contributed by atoms with Gasteiger partial charge in [-0.1, -0.05) is 17.7 Å². The molecule has 0 aliphatic heterocycles. The van der Waals surface area contributed by atoms with E-state index in [1.54, 1.807) is 30.3 Å². The molecule has 0 heterocycles. The molecule has 0 aliphatic carbocycles. The minimum atomic E-state index is -3.30. The van der Waals surface area contributed by atoms with E-state index in [2.05, 4.69) is 0 Å². The van der Waals surface area contributed by atoms with Gasteiger partial charge >= 0.3 is 0 Å². The smallest absolute Gasteiger partial charge is 0.179 e. The standard InChI is InChI=1S/C14H13ClO3S2/c15-11-4-6-14(7-5-11)20(17,18)9-8-19-13-3-1-2-12(16)10-13/h1-7,10,16H,8-9H2. The second kappa shape index (κ2) is 6.52. The van der Waals surface area contributed by atoms with Crippen LogP contribution in [0.4, 0.5) is 0 Å². The molecule has 3 nitrogen and oxygen atoms in total. The quantitative estimate of drug-likeness (QED) is 0.852. The third kappa shape index (κ3) is 4.16. The summed E-state index contributed by atoms with van der Waals surface area (Å²) < 4.78 is 24.2. The van der Waals surface area contributed by atoms with E-state index in [0.29, 0.717) is 10.8 Å². The molecular weight excluding hydrogens is 316 g/mol. The summed E-state index contributed by atoms with van der Waals surface area (Å²) in [5.74, 6) is 0.638. The summed E-state index contributed by atoms with van der Waals surface area (Å²) in [4.78, 5) is 1.12. The number of thioether (sulfide) groups is 1. The van der Waals surface area contributed by atoms with Crippen LogP contribution in [-0.4, -0.2) is 25.0 Å². The number of phenolic OH excluding ortho intramolecular Hbond substituents is 1. The lowest BCUT2D eigenvalue weighted by Crippen LogP contribution is -2.08. The molecule has 0 aliphatic rings. The topological polar surface area (TPSA) is 54.4 Å². The van der Waals surface area contributed by atoms with Crippen LogP contribution < -0.4 is 0 Å². The molecule has 1 N–H and O–H groups in total. The van der Waals surface area contributed by atoms with Gasteiger partial charge in [0.25, 0.3) is 0 Å². The average Bonchev–Trinajstić information content (AvgIpc) is 2.39. The highest BCUT2D eigenvalue weighted by atomic mass is 35.5. The van der Waals surface area contributed by atoms with Gasteiger partial charge in [0, 0.05) is 15.7 Å². The van der Waals surface area contributed by atoms with E-state index >= 15 is 0 Å². The number of rotatable bonds is 5. The first-order valence-corrected chi connectivity index (χ1v) is 8.89. The van der Waals surface area contributed by atoms with Crippen LogP contribution in [0.2, 0.25) is 5.02 Å². The Morgan fingerprint density at radius 3 is 2.45 bits per heavy atom. The van der Waals surface area contributed by atoms with Crippen LogP contribution >= 0.6 is 23.4 Å². The number of aromatic hydroxyl groups is 1. The second-order valence-electron chi connectivity index (χ2n) is 4.12. The van der Waals surface area contributed by atoms with E-state index in [-0.39, 0.29) is 16.4 Å². The van der Waals surface area contributed by atoms with Gasteiger partial charge in [0.1, 0.15) is 5.75 Å². The lowest BCUT2D eigenvalue weighted by Gasteiger charge is -2.05. The lowest BCUT2D eigenvalue weighted by molar-refractivity contribution is 0.474. The molecule has 0 spiro atoms. The number of hydrogen-bond acceptors (Lipinski definition) is 4. The van der Waals surface area contributed by atoms with Crippen LogP contribution in [0.15, 0.2) is 58.3 Å². The van der Waals surface area contributed by atoms with E-state index < -0.39 is 9.84 Å². The maximum atomic E-state index is 12.1. The number of sulfone groups is 1. The van der Waals surface area contributed by atoms with Gasteiger partial charge < -0.3 is 5.11 Å². The summed E-state index contributed by atoms with van der Waals surface area (Å²) in [6.07, 6.45) is 0. The van der Waals surface area contributed by atoms with Crippen molar-refractivity contribution in [3.8, 4) is 5.75 Å². The molecule has 2 rings (SSSR count). The van der Waals surface area contributed by atoms with Gasteiger partial charge in [-0.05, 0) is 42.5 Å². The zero-order valence-electron chi connectivity index (χ0n) is 10.5. The van der Waals surface area contributed by atoms with Gasteiger partial charge in [0.05, 0.1) is 10.6 Å². The Hall–Kier alpha value is -1.17. The summed E-state index contributed by atoms with van der Waals surface area (Å²) in [6.45, 7) is 0. The highest BCUT2D eigenvalue weighted by Crippen LogP contribution is 2.23. The monoisotopic (exact) mass is 328 g/mol. The largest absolute Gasteiger partial charge is 0.508 e. The first-order valence-electron chi connectivity index (χ1n) is 5.87. The van der Waals surface area contributed by atoms with Crippen LogP contribution in [0.1, 0.15) is 0 Å². The molecule has 0 atom stereocenters. The summed E-state index contributed by atoms with van der Waals surface area (Å²) in [5.41, 5.74) is 0. The van der Waals surface area contributed by atoms with E-state index in [1.807, 2.05) is 6.07 Å². The maximum absolute atomic E-state index is 12.1. The molecule has 2 aromatic carbocycles. The van der Waals surface area contributed by atoms with Crippen LogP contribution in [0, 0.1) is 0 Å². The Morgan fingerprint density at radius 1 is 1.10 bits per heavy atom. The highest BCUT2D eigenvalue weighted by Gasteiger charge is 2.14. The Kier molecular flexibility index (Phi) is 4.96. The second-order valence-corrected chi connectivity index (χ2v) is 7.83. The molecule has 6 heteroatoms. The predicted molar refractivity (Wildman–Crippen MR) is 82.3 cm³/mol. The van der Waals surface area contributed by atoms with Crippen LogP contribution in [0.3, 0.4) is 0 Å². The van der Waals surface area contributed by atoms with Crippen molar-refractivity contribution in [1.29, 1.82) is 0 Å². The zero-order chi connectivity index (χ0) is 14.6. The summed E-state index contributed by atoms with van der Waals surface area (Å²) >= 11 is 7.13. The van der Waals surface area contributed by atoms with Crippen molar-refractivity contribution in [3.05, 3.63) is 53.6 Å². The van der Waals surface area contributed by atoms with Crippen molar-refractivity contribution in [2.24, 2.45) is 0 Å². The average molecular weight is 329 g/mol. The van der Waals surface area contributed by atoms with Crippen LogP contribution in [0.25, 0.3) is 0 Å². The molecule has 0 fully saturated rings. The van der Waals surface area contributed by atoms with Gasteiger partial charge in [-0.25, -0.2) is 8.42 Å². The fourth-order valence-corrected chi connectivity index (χ4v) is 4.34. The van der Waals surface area contributed by atoms with Crippen molar-refractivity contribution in [1.82, 2.24) is 0 Å². The molecule has 20 heavy (non-hydrogen) atoms. The predicted octanol–water partition coefficient (Wildman–Crippen LogP) is 3.61. The van der Waals surface area contributed by atoms with E-state index in [0.717, 1.165) is 4.90 Å². The Balaban J connectivity index is 1.98. The first kappa shape index (κ1) is 15.2. The molecule has 106 valence electrons. The maximum Gasteiger partial charge on any atom is 0.179 e. The van der Waals surface area contributed by atoms with Crippen molar-refractivity contribution >= 4 is 33.2 Å². The number of benzene rings is 2. The van der Waals surface area contributed by atoms with Crippen LogP contribution in [-0.2, 0) is 9.84 Å². The molecule has 0 saturated heterocycles. The van der Waals surface area contributed by atoms with Gasteiger partial charge in [0.2, 0.25) is 0 Å². The molecule has 0 amide bonds. The third-order valence-corrected chi connectivity index (χ3v) is 5.85. The van der Waals surface area contributed by atoms with Gasteiger partial charge in [-0.3, -0.25) is 0 Å². The Labute approximate surface area is 127 Å². The summed E-state index contributed by atoms with van der Waals surface area (Å²) in [6, 6.07) is 12.9. The first-order chi connectivity index (χ1) is 9.47. The molecule has 0 aromatic heterocycles. The molecule has 0 saturated carbocycles. The normalized spacial score (nSPS) is 11.4. The molecule has 0 bridgehead atoms. The fraction of sp³-hybridized carbons (Fsp3) is 0.143. The Morgan fingerprint density at radius 2 is 1.80 bits per heavy atom. The summed E-state index contributed by atoms with van der Waals surface area (Å²) in [5, 5.41) is 9.84. The lowest BCUT2D eigenvalue weighted by atomic mass is 10.3.